The zero-order valence-electron chi connectivity index (χ0n) is 23.2. The van der Waals surface area contributed by atoms with E-state index in [1.807, 2.05) is 0 Å². The summed E-state index contributed by atoms with van der Waals surface area (Å²) in [5.41, 5.74) is 1.02. The van der Waals surface area contributed by atoms with Gasteiger partial charge in [-0.15, -0.1) is 0 Å². The molecule has 3 aliphatic rings. The van der Waals surface area contributed by atoms with E-state index in [0.29, 0.717) is 18.3 Å². The molecule has 4 rings (SSSR count). The van der Waals surface area contributed by atoms with Crippen LogP contribution in [0.3, 0.4) is 0 Å². The zero-order valence-corrected chi connectivity index (χ0v) is 24.2. The van der Waals surface area contributed by atoms with Gasteiger partial charge in [-0.1, -0.05) is 70.2 Å². The molecular weight excluding hydrogens is 448 g/mol. The minimum Gasteiger partial charge on any atom is -0.411 e. The van der Waals surface area contributed by atoms with Crippen molar-refractivity contribution in [2.24, 2.45) is 28.1 Å². The second-order valence-corrected chi connectivity index (χ2v) is 18.2. The molecule has 2 fully saturated rings. The summed E-state index contributed by atoms with van der Waals surface area (Å²) in [5, 5.41) is 0. The Kier molecular flexibility index (Phi) is 7.59. The third kappa shape index (κ3) is 5.55. The largest absolute Gasteiger partial charge is 0.411 e. The minimum absolute atomic E-state index is 0.00869. The molecule has 3 nitrogen and oxygen atoms in total. The summed E-state index contributed by atoms with van der Waals surface area (Å²) in [4.78, 5) is 14.2. The first kappa shape index (κ1) is 26.8. The fraction of sp³-hybridized carbons (Fsp3) is 0.710. The predicted molar refractivity (Wildman–Crippen MR) is 147 cm³/mol. The molecule has 1 unspecified atom stereocenters. The highest BCUT2D eigenvalue weighted by Gasteiger charge is 2.59. The maximum absolute atomic E-state index is 14.2. The van der Waals surface area contributed by atoms with E-state index in [4.69, 9.17) is 9.16 Å². The molecule has 1 aromatic carbocycles. The number of benzene rings is 1. The van der Waals surface area contributed by atoms with Crippen LogP contribution < -0.4 is 0 Å². The number of ketones is 1. The normalized spacial score (nSPS) is 38.4. The van der Waals surface area contributed by atoms with Crippen LogP contribution in [-0.4, -0.2) is 26.3 Å². The topological polar surface area (TPSA) is 35.5 Å². The van der Waals surface area contributed by atoms with Crippen LogP contribution in [0, 0.1) is 28.1 Å². The molecular formula is C31H48O3Si. The van der Waals surface area contributed by atoms with E-state index in [-0.39, 0.29) is 34.4 Å². The summed E-state index contributed by atoms with van der Waals surface area (Å²) in [6.07, 6.45) is 11.8. The van der Waals surface area contributed by atoms with Crippen molar-refractivity contribution in [3.8, 4) is 0 Å². The van der Waals surface area contributed by atoms with Crippen LogP contribution in [0.25, 0.3) is 0 Å². The number of Topliss-reactive ketones (excluding diaryl/α,β-unsaturated/α-hetero) is 1. The monoisotopic (exact) mass is 496 g/mol. The second kappa shape index (κ2) is 9.91. The smallest absolute Gasteiger partial charge is 0.184 e. The number of hydrogen-bond acceptors (Lipinski definition) is 3. The van der Waals surface area contributed by atoms with Gasteiger partial charge in [-0.3, -0.25) is 4.79 Å². The van der Waals surface area contributed by atoms with Gasteiger partial charge in [0.25, 0.3) is 0 Å². The summed E-state index contributed by atoms with van der Waals surface area (Å²) in [5.74, 6) is 1.07. The molecule has 194 valence electrons. The van der Waals surface area contributed by atoms with E-state index in [1.165, 1.54) is 5.56 Å². The van der Waals surface area contributed by atoms with Gasteiger partial charge in [-0.25, -0.2) is 0 Å². The fourth-order valence-electron chi connectivity index (χ4n) is 7.66. The third-order valence-corrected chi connectivity index (χ3v) is 10.7. The molecule has 0 aliphatic heterocycles. The number of fused-ring (bicyclic) bond motifs is 4. The number of ether oxygens (including phenoxy) is 1. The third-order valence-electron chi connectivity index (χ3n) is 9.66. The molecule has 0 heterocycles. The summed E-state index contributed by atoms with van der Waals surface area (Å²) in [7, 11) is -1.64. The zero-order chi connectivity index (χ0) is 25.5. The van der Waals surface area contributed by atoms with E-state index in [1.54, 1.807) is 0 Å². The highest BCUT2D eigenvalue weighted by molar-refractivity contribution is 6.69. The first-order valence-corrected chi connectivity index (χ1v) is 17.3. The van der Waals surface area contributed by atoms with Crippen LogP contribution in [0.4, 0.5) is 0 Å². The van der Waals surface area contributed by atoms with Gasteiger partial charge in [-0.2, -0.15) is 0 Å². The van der Waals surface area contributed by atoms with E-state index in [0.717, 1.165) is 44.9 Å². The predicted octanol–water partition coefficient (Wildman–Crippen LogP) is 7.96. The Bertz CT molecular complexity index is 917. The van der Waals surface area contributed by atoms with Crippen LogP contribution >= 0.6 is 0 Å². The number of carbonyl (C=O) groups excluding carboxylic acids is 1. The van der Waals surface area contributed by atoms with E-state index in [9.17, 15) is 4.79 Å². The van der Waals surface area contributed by atoms with Crippen LogP contribution in [0.5, 0.6) is 0 Å². The SMILES string of the molecule is CC1(C)[C@H](OCc2ccccc2)CC[C@]2(C)[C@@H]3C/C=C\C(O[Si](C)(C)C)CC[C@@](C)(CC[C@@H]12)C3=O. The first-order chi connectivity index (χ1) is 16.4. The Labute approximate surface area is 215 Å². The summed E-state index contributed by atoms with van der Waals surface area (Å²) in [6, 6.07) is 10.5. The Morgan fingerprint density at radius 1 is 0.943 bits per heavy atom. The van der Waals surface area contributed by atoms with Crippen molar-refractivity contribution in [3.05, 3.63) is 48.0 Å². The van der Waals surface area contributed by atoms with E-state index in [2.05, 4.69) is 89.8 Å². The average Bonchev–Trinajstić information content (AvgIpc) is 2.81. The van der Waals surface area contributed by atoms with Crippen molar-refractivity contribution in [2.75, 3.05) is 0 Å². The van der Waals surface area contributed by atoms with Crippen molar-refractivity contribution in [2.45, 2.75) is 111 Å². The lowest BCUT2D eigenvalue weighted by molar-refractivity contribution is -0.155. The Morgan fingerprint density at radius 3 is 2.31 bits per heavy atom. The maximum atomic E-state index is 14.2. The lowest BCUT2D eigenvalue weighted by Gasteiger charge is -2.56. The molecule has 0 saturated heterocycles. The standard InChI is InChI=1S/C31H48O3Si/c1-29(2)26-17-20-30(3)19-16-24(34-35(5,6)7)14-11-15-25(28(30)32)31(26,4)21-18-27(29)33-22-23-12-9-8-10-13-23/h8-14,24-27H,15-22H2,1-7H3/b14-11-/t24?,25-,26+,27-,30+,31-/m1/s1. The molecule has 2 saturated carbocycles. The fourth-order valence-corrected chi connectivity index (χ4v) is 8.76. The van der Waals surface area contributed by atoms with Gasteiger partial charge in [0.2, 0.25) is 0 Å². The second-order valence-electron chi connectivity index (χ2n) is 13.7. The molecule has 3 aliphatic carbocycles. The Hall–Kier alpha value is -1.23. The molecule has 4 heteroatoms. The van der Waals surface area contributed by atoms with Gasteiger partial charge in [0.1, 0.15) is 5.78 Å². The number of rotatable bonds is 5. The van der Waals surface area contributed by atoms with Gasteiger partial charge >= 0.3 is 0 Å². The van der Waals surface area contributed by atoms with Gasteiger partial charge in [0, 0.05) is 11.3 Å². The van der Waals surface area contributed by atoms with Crippen LogP contribution in [0.15, 0.2) is 42.5 Å². The van der Waals surface area contributed by atoms with Gasteiger partial charge in [0.05, 0.1) is 18.8 Å². The highest BCUT2D eigenvalue weighted by Crippen LogP contribution is 2.62. The lowest BCUT2D eigenvalue weighted by Crippen LogP contribution is -2.54. The highest BCUT2D eigenvalue weighted by atomic mass is 28.4. The van der Waals surface area contributed by atoms with Crippen molar-refractivity contribution >= 4 is 14.1 Å². The quantitative estimate of drug-likeness (QED) is 0.306. The molecule has 0 spiro atoms. The summed E-state index contributed by atoms with van der Waals surface area (Å²) in [6.45, 7) is 17.0. The van der Waals surface area contributed by atoms with Crippen molar-refractivity contribution in [1.82, 2.24) is 0 Å². The number of hydrogen-bond donors (Lipinski definition) is 0. The number of carbonyl (C=O) groups is 1. The summed E-state index contributed by atoms with van der Waals surface area (Å²) < 4.78 is 13.1. The first-order valence-electron chi connectivity index (χ1n) is 13.9. The molecule has 6 atom stereocenters. The summed E-state index contributed by atoms with van der Waals surface area (Å²) >= 11 is 0. The van der Waals surface area contributed by atoms with Gasteiger partial charge < -0.3 is 9.16 Å². The molecule has 2 bridgehead atoms. The minimum atomic E-state index is -1.64. The van der Waals surface area contributed by atoms with Crippen molar-refractivity contribution in [3.63, 3.8) is 0 Å². The van der Waals surface area contributed by atoms with Crippen molar-refractivity contribution in [1.29, 1.82) is 0 Å². The maximum Gasteiger partial charge on any atom is 0.184 e. The van der Waals surface area contributed by atoms with Gasteiger partial charge in [-0.05, 0) is 86.9 Å². The molecule has 1 aromatic rings. The van der Waals surface area contributed by atoms with Crippen LogP contribution in [0.1, 0.15) is 78.2 Å². The van der Waals surface area contributed by atoms with Gasteiger partial charge in [0.15, 0.2) is 8.32 Å². The molecule has 35 heavy (non-hydrogen) atoms. The Morgan fingerprint density at radius 2 is 1.63 bits per heavy atom. The molecule has 0 amide bonds. The van der Waals surface area contributed by atoms with Crippen molar-refractivity contribution < 1.29 is 14.0 Å². The number of allylic oxidation sites excluding steroid dienone is 1. The molecule has 0 aromatic heterocycles. The molecule has 0 N–H and O–H groups in total. The van der Waals surface area contributed by atoms with E-state index >= 15 is 0 Å². The average molecular weight is 497 g/mol. The lowest BCUT2D eigenvalue weighted by atomic mass is 9.50. The van der Waals surface area contributed by atoms with Crippen LogP contribution in [0.2, 0.25) is 19.6 Å². The van der Waals surface area contributed by atoms with Crippen LogP contribution in [-0.2, 0) is 20.6 Å². The van der Waals surface area contributed by atoms with E-state index < -0.39 is 8.32 Å². The molecule has 0 radical (unpaired) electrons. The Balaban J connectivity index is 1.59.